The maximum Gasteiger partial charge on any atom is 0.119 e. The van der Waals surface area contributed by atoms with Gasteiger partial charge in [-0.25, -0.2) is 0 Å². The van der Waals surface area contributed by atoms with Crippen molar-refractivity contribution < 1.29 is 4.74 Å². The summed E-state index contributed by atoms with van der Waals surface area (Å²) < 4.78 is 5.46. The van der Waals surface area contributed by atoms with Crippen molar-refractivity contribution in [2.75, 3.05) is 20.2 Å². The average Bonchev–Trinajstić information content (AvgIpc) is 3.00. The first-order chi connectivity index (χ1) is 11.8. The van der Waals surface area contributed by atoms with E-state index in [0.29, 0.717) is 12.0 Å². The Morgan fingerprint density at radius 1 is 1.00 bits per heavy atom. The summed E-state index contributed by atoms with van der Waals surface area (Å²) in [6, 6.07) is 18.2. The van der Waals surface area contributed by atoms with Crippen molar-refractivity contribution in [2.45, 2.75) is 45.1 Å². The van der Waals surface area contributed by atoms with Crippen molar-refractivity contribution in [2.24, 2.45) is 0 Å². The third kappa shape index (κ3) is 3.34. The quantitative estimate of drug-likeness (QED) is 0.720. The summed E-state index contributed by atoms with van der Waals surface area (Å²) in [4.78, 5) is 2.70. The predicted molar refractivity (Wildman–Crippen MR) is 101 cm³/mol. The Bertz CT molecular complexity index is 646. The number of ether oxygens (including phenoxy) is 1. The van der Waals surface area contributed by atoms with Gasteiger partial charge in [-0.15, -0.1) is 0 Å². The molecule has 128 valence electrons. The van der Waals surface area contributed by atoms with Crippen LogP contribution in [0.15, 0.2) is 48.5 Å². The Hall–Kier alpha value is -1.80. The third-order valence-electron chi connectivity index (χ3n) is 5.15. The van der Waals surface area contributed by atoms with E-state index in [2.05, 4.69) is 67.3 Å². The Labute approximate surface area is 146 Å². The van der Waals surface area contributed by atoms with Crippen molar-refractivity contribution in [3.05, 3.63) is 65.2 Å². The molecule has 2 atom stereocenters. The zero-order chi connectivity index (χ0) is 16.9. The van der Waals surface area contributed by atoms with E-state index in [1.807, 2.05) is 0 Å². The number of nitrogens with zero attached hydrogens (tertiary/aromatic N) is 1. The van der Waals surface area contributed by atoms with Gasteiger partial charge in [-0.2, -0.15) is 0 Å². The molecule has 24 heavy (non-hydrogen) atoms. The SMILES string of the molecule is CCCN(CCC)[C@H]1Cc2cc(OC)ccc2[C@@H]1c1ccccc1. The number of hydrogen-bond acceptors (Lipinski definition) is 2. The van der Waals surface area contributed by atoms with Gasteiger partial charge >= 0.3 is 0 Å². The summed E-state index contributed by atoms with van der Waals surface area (Å²) in [6.45, 7) is 6.91. The molecule has 0 aromatic heterocycles. The van der Waals surface area contributed by atoms with Crippen molar-refractivity contribution in [3.63, 3.8) is 0 Å². The molecule has 2 nitrogen and oxygen atoms in total. The van der Waals surface area contributed by atoms with E-state index in [1.54, 1.807) is 7.11 Å². The minimum atomic E-state index is 0.463. The van der Waals surface area contributed by atoms with Crippen LogP contribution >= 0.6 is 0 Å². The molecule has 1 aliphatic rings. The zero-order valence-electron chi connectivity index (χ0n) is 15.2. The second kappa shape index (κ2) is 7.85. The molecule has 0 fully saturated rings. The van der Waals surface area contributed by atoms with Crippen LogP contribution in [0.25, 0.3) is 0 Å². The normalized spacial score (nSPS) is 19.5. The maximum absolute atomic E-state index is 5.46. The van der Waals surface area contributed by atoms with Gasteiger partial charge in [-0.1, -0.05) is 50.2 Å². The highest BCUT2D eigenvalue weighted by atomic mass is 16.5. The zero-order valence-corrected chi connectivity index (χ0v) is 15.2. The fourth-order valence-electron chi connectivity index (χ4n) is 4.16. The molecule has 2 heteroatoms. The van der Waals surface area contributed by atoms with Gasteiger partial charge in [0, 0.05) is 12.0 Å². The molecule has 0 bridgehead atoms. The van der Waals surface area contributed by atoms with Crippen molar-refractivity contribution >= 4 is 0 Å². The van der Waals surface area contributed by atoms with E-state index in [9.17, 15) is 0 Å². The van der Waals surface area contributed by atoms with Crippen LogP contribution in [-0.2, 0) is 6.42 Å². The van der Waals surface area contributed by atoms with Gasteiger partial charge in [-0.05, 0) is 61.2 Å². The second-order valence-electron chi connectivity index (χ2n) is 6.76. The van der Waals surface area contributed by atoms with Crippen molar-refractivity contribution in [1.82, 2.24) is 4.90 Å². The standard InChI is InChI=1S/C22H29NO/c1-4-13-23(14-5-2)21-16-18-15-19(24-3)11-12-20(18)22(21)17-9-7-6-8-10-17/h6-12,15,21-22H,4-5,13-14,16H2,1-3H3/t21-,22-/m0/s1. The summed E-state index contributed by atoms with van der Waals surface area (Å²) in [6.07, 6.45) is 3.53. The molecule has 3 rings (SSSR count). The molecule has 2 aromatic carbocycles. The molecule has 0 N–H and O–H groups in total. The molecule has 0 aliphatic heterocycles. The predicted octanol–water partition coefficient (Wildman–Crippen LogP) is 4.87. The van der Waals surface area contributed by atoms with E-state index in [0.717, 1.165) is 12.2 Å². The van der Waals surface area contributed by atoms with Gasteiger partial charge in [0.25, 0.3) is 0 Å². The summed E-state index contributed by atoms with van der Waals surface area (Å²) in [7, 11) is 1.75. The monoisotopic (exact) mass is 323 g/mol. The highest BCUT2D eigenvalue weighted by Crippen LogP contribution is 2.42. The summed E-state index contributed by atoms with van der Waals surface area (Å²) in [5, 5.41) is 0. The van der Waals surface area contributed by atoms with E-state index >= 15 is 0 Å². The lowest BCUT2D eigenvalue weighted by molar-refractivity contribution is 0.189. The number of methoxy groups -OCH3 is 1. The van der Waals surface area contributed by atoms with Gasteiger partial charge in [-0.3, -0.25) is 4.90 Å². The van der Waals surface area contributed by atoms with Crippen LogP contribution in [0.3, 0.4) is 0 Å². The molecule has 1 aliphatic carbocycles. The molecular formula is C22H29NO. The highest BCUT2D eigenvalue weighted by Gasteiger charge is 2.36. The van der Waals surface area contributed by atoms with Gasteiger partial charge in [0.05, 0.1) is 7.11 Å². The number of rotatable bonds is 7. The molecular weight excluding hydrogens is 294 g/mol. The number of benzene rings is 2. The van der Waals surface area contributed by atoms with E-state index in [1.165, 1.54) is 42.6 Å². The number of fused-ring (bicyclic) bond motifs is 1. The second-order valence-corrected chi connectivity index (χ2v) is 6.76. The topological polar surface area (TPSA) is 12.5 Å². The minimum Gasteiger partial charge on any atom is -0.497 e. The summed E-state index contributed by atoms with van der Waals surface area (Å²) in [5.41, 5.74) is 4.36. The lowest BCUT2D eigenvalue weighted by atomic mass is 9.89. The first-order valence-electron chi connectivity index (χ1n) is 9.24. The summed E-state index contributed by atoms with van der Waals surface area (Å²) >= 11 is 0. The van der Waals surface area contributed by atoms with Gasteiger partial charge in [0.1, 0.15) is 5.75 Å². The largest absolute Gasteiger partial charge is 0.497 e. The van der Waals surface area contributed by atoms with E-state index in [-0.39, 0.29) is 0 Å². The fourth-order valence-corrected chi connectivity index (χ4v) is 4.16. The third-order valence-corrected chi connectivity index (χ3v) is 5.15. The highest BCUT2D eigenvalue weighted by molar-refractivity contribution is 5.48. The Morgan fingerprint density at radius 3 is 2.33 bits per heavy atom. The van der Waals surface area contributed by atoms with Gasteiger partial charge in [0.2, 0.25) is 0 Å². The van der Waals surface area contributed by atoms with Crippen LogP contribution < -0.4 is 4.74 Å². The molecule has 0 amide bonds. The van der Waals surface area contributed by atoms with Crippen molar-refractivity contribution in [1.29, 1.82) is 0 Å². The Morgan fingerprint density at radius 2 is 1.71 bits per heavy atom. The Balaban J connectivity index is 2.01. The first-order valence-corrected chi connectivity index (χ1v) is 9.24. The molecule has 0 unspecified atom stereocenters. The van der Waals surface area contributed by atoms with Crippen LogP contribution in [-0.4, -0.2) is 31.1 Å². The van der Waals surface area contributed by atoms with Crippen LogP contribution in [0.4, 0.5) is 0 Å². The molecule has 0 spiro atoms. The minimum absolute atomic E-state index is 0.463. The number of hydrogen-bond donors (Lipinski definition) is 0. The van der Waals surface area contributed by atoms with Crippen LogP contribution in [0.2, 0.25) is 0 Å². The van der Waals surface area contributed by atoms with Crippen LogP contribution in [0.1, 0.15) is 49.3 Å². The average molecular weight is 323 g/mol. The molecule has 0 heterocycles. The van der Waals surface area contributed by atoms with Crippen LogP contribution in [0.5, 0.6) is 5.75 Å². The molecule has 0 saturated carbocycles. The molecule has 0 radical (unpaired) electrons. The fraction of sp³-hybridized carbons (Fsp3) is 0.455. The lowest BCUT2D eigenvalue weighted by Crippen LogP contribution is -2.39. The molecule has 2 aromatic rings. The van der Waals surface area contributed by atoms with E-state index in [4.69, 9.17) is 4.74 Å². The maximum atomic E-state index is 5.46. The first kappa shape index (κ1) is 17.0. The van der Waals surface area contributed by atoms with Gasteiger partial charge in [0.15, 0.2) is 0 Å². The van der Waals surface area contributed by atoms with E-state index < -0.39 is 0 Å². The van der Waals surface area contributed by atoms with Crippen molar-refractivity contribution in [3.8, 4) is 5.75 Å². The smallest absolute Gasteiger partial charge is 0.119 e. The Kier molecular flexibility index (Phi) is 5.57. The lowest BCUT2D eigenvalue weighted by Gasteiger charge is -2.33. The van der Waals surface area contributed by atoms with Gasteiger partial charge < -0.3 is 4.74 Å². The molecule has 0 saturated heterocycles. The summed E-state index contributed by atoms with van der Waals surface area (Å²) in [5.74, 6) is 1.43. The van der Waals surface area contributed by atoms with Crippen LogP contribution in [0, 0.1) is 0 Å².